The molecule has 0 bridgehead atoms. The quantitative estimate of drug-likeness (QED) is 0.830. The van der Waals surface area contributed by atoms with E-state index in [-0.39, 0.29) is 5.91 Å². The average Bonchev–Trinajstić information content (AvgIpc) is 2.50. The van der Waals surface area contributed by atoms with Crippen LogP contribution in [0.5, 0.6) is 0 Å². The summed E-state index contributed by atoms with van der Waals surface area (Å²) in [4.78, 5) is 12.0. The molecular weight excluding hydrogens is 302 g/mol. The molecule has 1 amide bonds. The molecule has 0 fully saturated rings. The molecule has 1 N–H and O–H groups in total. The first-order valence-electron chi connectivity index (χ1n) is 6.89. The van der Waals surface area contributed by atoms with Gasteiger partial charge in [0.1, 0.15) is 0 Å². The van der Waals surface area contributed by atoms with Crippen LogP contribution in [0.4, 0.5) is 5.69 Å². The van der Waals surface area contributed by atoms with Gasteiger partial charge in [-0.1, -0.05) is 54.9 Å². The third kappa shape index (κ3) is 4.80. The second-order valence-electron chi connectivity index (χ2n) is 4.64. The van der Waals surface area contributed by atoms with E-state index in [9.17, 15) is 4.79 Å². The number of hydrogen-bond acceptors (Lipinski definition) is 2. The Labute approximate surface area is 134 Å². The van der Waals surface area contributed by atoms with Crippen molar-refractivity contribution in [1.29, 1.82) is 0 Å². The van der Waals surface area contributed by atoms with Crippen LogP contribution in [0.1, 0.15) is 18.1 Å². The van der Waals surface area contributed by atoms with Gasteiger partial charge in [-0.05, 0) is 29.7 Å². The summed E-state index contributed by atoms with van der Waals surface area (Å²) >= 11 is 7.66. The minimum Gasteiger partial charge on any atom is -0.325 e. The molecule has 0 spiro atoms. The SMILES string of the molecule is CCc1ccccc1NC(=O)CSCc1ccccc1Cl. The average molecular weight is 320 g/mol. The fourth-order valence-electron chi connectivity index (χ4n) is 2.01. The van der Waals surface area contributed by atoms with Crippen LogP contribution in [0.3, 0.4) is 0 Å². The van der Waals surface area contributed by atoms with Crippen molar-refractivity contribution in [2.24, 2.45) is 0 Å². The molecule has 2 nitrogen and oxygen atoms in total. The van der Waals surface area contributed by atoms with E-state index in [2.05, 4.69) is 12.2 Å². The lowest BCUT2D eigenvalue weighted by molar-refractivity contribution is -0.113. The summed E-state index contributed by atoms with van der Waals surface area (Å²) < 4.78 is 0. The number of thioether (sulfide) groups is 1. The summed E-state index contributed by atoms with van der Waals surface area (Å²) in [6.45, 7) is 2.08. The second-order valence-corrected chi connectivity index (χ2v) is 6.04. The molecule has 0 unspecified atom stereocenters. The maximum Gasteiger partial charge on any atom is 0.234 e. The van der Waals surface area contributed by atoms with Crippen molar-refractivity contribution >= 4 is 35.0 Å². The molecule has 2 rings (SSSR count). The van der Waals surface area contributed by atoms with Crippen molar-refractivity contribution in [3.05, 3.63) is 64.7 Å². The highest BCUT2D eigenvalue weighted by molar-refractivity contribution is 7.99. The second kappa shape index (κ2) is 8.11. The first-order valence-corrected chi connectivity index (χ1v) is 8.43. The molecule has 21 heavy (non-hydrogen) atoms. The van der Waals surface area contributed by atoms with E-state index in [0.717, 1.165) is 34.0 Å². The van der Waals surface area contributed by atoms with Crippen molar-refractivity contribution in [3.63, 3.8) is 0 Å². The largest absolute Gasteiger partial charge is 0.325 e. The molecule has 4 heteroatoms. The van der Waals surface area contributed by atoms with Crippen LogP contribution in [0.2, 0.25) is 5.02 Å². The Hall–Kier alpha value is -1.45. The third-order valence-corrected chi connectivity index (χ3v) is 4.47. The predicted molar refractivity (Wildman–Crippen MR) is 92.1 cm³/mol. The number of para-hydroxylation sites is 1. The summed E-state index contributed by atoms with van der Waals surface area (Å²) in [5.74, 6) is 1.18. The van der Waals surface area contributed by atoms with Gasteiger partial charge in [0.05, 0.1) is 5.75 Å². The van der Waals surface area contributed by atoms with Gasteiger partial charge in [-0.25, -0.2) is 0 Å². The molecule has 0 aliphatic rings. The summed E-state index contributed by atoms with van der Waals surface area (Å²) in [6.07, 6.45) is 0.906. The third-order valence-electron chi connectivity index (χ3n) is 3.12. The van der Waals surface area contributed by atoms with Crippen LogP contribution in [-0.4, -0.2) is 11.7 Å². The highest BCUT2D eigenvalue weighted by atomic mass is 35.5. The number of benzene rings is 2. The lowest BCUT2D eigenvalue weighted by atomic mass is 10.1. The Morgan fingerprint density at radius 1 is 1.10 bits per heavy atom. The highest BCUT2D eigenvalue weighted by Crippen LogP contribution is 2.21. The van der Waals surface area contributed by atoms with E-state index in [1.165, 1.54) is 0 Å². The standard InChI is InChI=1S/C17H18ClNOS/c1-2-13-7-4-6-10-16(13)19-17(20)12-21-11-14-8-3-5-9-15(14)18/h3-10H,2,11-12H2,1H3,(H,19,20). The number of anilines is 1. The van der Waals surface area contributed by atoms with E-state index < -0.39 is 0 Å². The van der Waals surface area contributed by atoms with E-state index >= 15 is 0 Å². The van der Waals surface area contributed by atoms with Gasteiger partial charge in [0.25, 0.3) is 0 Å². The van der Waals surface area contributed by atoms with Gasteiger partial charge in [-0.3, -0.25) is 4.79 Å². The summed E-state index contributed by atoms with van der Waals surface area (Å²) in [5.41, 5.74) is 3.12. The molecule has 0 heterocycles. The van der Waals surface area contributed by atoms with Gasteiger partial charge in [0.15, 0.2) is 0 Å². The van der Waals surface area contributed by atoms with Crippen molar-refractivity contribution in [2.45, 2.75) is 19.1 Å². The first kappa shape index (κ1) is 15.9. The molecule has 2 aromatic rings. The van der Waals surface area contributed by atoms with Crippen LogP contribution < -0.4 is 5.32 Å². The van der Waals surface area contributed by atoms with E-state index in [1.807, 2.05) is 48.5 Å². The van der Waals surface area contributed by atoms with Gasteiger partial charge < -0.3 is 5.32 Å². The van der Waals surface area contributed by atoms with E-state index in [0.29, 0.717) is 5.75 Å². The number of nitrogens with one attached hydrogen (secondary N) is 1. The molecule has 0 saturated heterocycles. The summed E-state index contributed by atoms with van der Waals surface area (Å²) in [5, 5.41) is 3.72. The monoisotopic (exact) mass is 319 g/mol. The van der Waals surface area contributed by atoms with Gasteiger partial charge >= 0.3 is 0 Å². The zero-order chi connectivity index (χ0) is 15.1. The smallest absolute Gasteiger partial charge is 0.234 e. The Balaban J connectivity index is 1.84. The van der Waals surface area contributed by atoms with Crippen LogP contribution >= 0.6 is 23.4 Å². The number of hydrogen-bond donors (Lipinski definition) is 1. The molecular formula is C17H18ClNOS. The summed E-state index contributed by atoms with van der Waals surface area (Å²) in [7, 11) is 0. The topological polar surface area (TPSA) is 29.1 Å². The Morgan fingerprint density at radius 3 is 2.48 bits per heavy atom. The number of halogens is 1. The zero-order valence-electron chi connectivity index (χ0n) is 11.9. The number of aryl methyl sites for hydroxylation is 1. The van der Waals surface area contributed by atoms with Crippen molar-refractivity contribution in [3.8, 4) is 0 Å². The van der Waals surface area contributed by atoms with Crippen molar-refractivity contribution < 1.29 is 4.79 Å². The van der Waals surface area contributed by atoms with Gasteiger partial charge in [-0.2, -0.15) is 0 Å². The number of rotatable bonds is 6. The van der Waals surface area contributed by atoms with Crippen LogP contribution in [0, 0.1) is 0 Å². The normalized spacial score (nSPS) is 10.4. The van der Waals surface area contributed by atoms with Crippen LogP contribution in [0.15, 0.2) is 48.5 Å². The van der Waals surface area contributed by atoms with Gasteiger partial charge in [0.2, 0.25) is 5.91 Å². The van der Waals surface area contributed by atoms with E-state index in [1.54, 1.807) is 11.8 Å². The lowest BCUT2D eigenvalue weighted by Crippen LogP contribution is -2.15. The highest BCUT2D eigenvalue weighted by Gasteiger charge is 2.06. The predicted octanol–water partition coefficient (Wildman–Crippen LogP) is 4.77. The molecule has 0 aliphatic heterocycles. The number of carbonyl (C=O) groups is 1. The maximum absolute atomic E-state index is 12.0. The Kier molecular flexibility index (Phi) is 6.15. The van der Waals surface area contributed by atoms with Gasteiger partial charge in [0, 0.05) is 16.5 Å². The summed E-state index contributed by atoms with van der Waals surface area (Å²) in [6, 6.07) is 15.6. The van der Waals surface area contributed by atoms with Crippen molar-refractivity contribution in [1.82, 2.24) is 0 Å². The Morgan fingerprint density at radius 2 is 1.76 bits per heavy atom. The molecule has 0 atom stereocenters. The molecule has 0 aliphatic carbocycles. The fraction of sp³-hybridized carbons (Fsp3) is 0.235. The van der Waals surface area contributed by atoms with Crippen molar-refractivity contribution in [2.75, 3.05) is 11.1 Å². The van der Waals surface area contributed by atoms with E-state index in [4.69, 9.17) is 11.6 Å². The zero-order valence-corrected chi connectivity index (χ0v) is 13.5. The minimum absolute atomic E-state index is 0.0213. The molecule has 0 saturated carbocycles. The first-order chi connectivity index (χ1) is 10.2. The molecule has 0 aromatic heterocycles. The lowest BCUT2D eigenvalue weighted by Gasteiger charge is -2.09. The van der Waals surface area contributed by atoms with Gasteiger partial charge in [-0.15, -0.1) is 11.8 Å². The number of carbonyl (C=O) groups excluding carboxylic acids is 1. The Bertz CT molecular complexity index is 615. The minimum atomic E-state index is 0.0213. The molecule has 2 aromatic carbocycles. The molecule has 0 radical (unpaired) electrons. The number of amides is 1. The molecule has 110 valence electrons. The maximum atomic E-state index is 12.0. The fourth-order valence-corrected chi connectivity index (χ4v) is 3.12. The van der Waals surface area contributed by atoms with Crippen LogP contribution in [0.25, 0.3) is 0 Å². The van der Waals surface area contributed by atoms with Crippen LogP contribution in [-0.2, 0) is 17.0 Å².